The van der Waals surface area contributed by atoms with E-state index in [1.807, 2.05) is 0 Å². The second-order valence-electron chi connectivity index (χ2n) is 6.18. The summed E-state index contributed by atoms with van der Waals surface area (Å²) in [4.78, 5) is 0. The third-order valence-electron chi connectivity index (χ3n) is 5.06. The predicted octanol–water partition coefficient (Wildman–Crippen LogP) is 2.01. The maximum Gasteiger partial charge on any atom is 0.275 e. The van der Waals surface area contributed by atoms with Gasteiger partial charge in [0.25, 0.3) is 21.2 Å². The summed E-state index contributed by atoms with van der Waals surface area (Å²) in [5, 5.41) is 0. The zero-order valence-electron chi connectivity index (χ0n) is 11.8. The first kappa shape index (κ1) is 14.1. The molecule has 0 N–H and O–H groups in total. The van der Waals surface area contributed by atoms with Crippen LogP contribution in [0.5, 0.6) is 0 Å². The van der Waals surface area contributed by atoms with Crippen molar-refractivity contribution < 1.29 is 21.2 Å². The summed E-state index contributed by atoms with van der Waals surface area (Å²) >= 11 is 0.533. The summed E-state index contributed by atoms with van der Waals surface area (Å²) in [6, 6.07) is 0. The topological polar surface area (TPSA) is 0 Å². The van der Waals surface area contributed by atoms with Crippen LogP contribution in [0.4, 0.5) is 0 Å². The van der Waals surface area contributed by atoms with E-state index in [1.165, 1.54) is 20.7 Å². The molecule has 2 saturated carbocycles. The minimum Gasteiger partial charge on any atom is -0.0651 e. The molecular formula is C16H30I+. The van der Waals surface area contributed by atoms with Gasteiger partial charge in [0.2, 0.25) is 0 Å². The Morgan fingerprint density at radius 3 is 1.29 bits per heavy atom. The van der Waals surface area contributed by atoms with Gasteiger partial charge in [-0.15, -0.1) is 0 Å². The lowest BCUT2D eigenvalue weighted by Crippen LogP contribution is -3.68. The highest BCUT2D eigenvalue weighted by molar-refractivity contribution is 4.73. The third-order valence-corrected chi connectivity index (χ3v) is 9.59. The molecule has 0 aliphatic heterocycles. The molecule has 17 heavy (non-hydrogen) atoms. The lowest BCUT2D eigenvalue weighted by molar-refractivity contribution is -0.726. The van der Waals surface area contributed by atoms with E-state index < -0.39 is 0 Å². The van der Waals surface area contributed by atoms with Crippen molar-refractivity contribution >= 4 is 0 Å². The molecule has 0 aromatic carbocycles. The van der Waals surface area contributed by atoms with Gasteiger partial charge in [-0.05, 0) is 63.2 Å². The zero-order valence-corrected chi connectivity index (χ0v) is 13.9. The van der Waals surface area contributed by atoms with Crippen molar-refractivity contribution in [2.24, 2.45) is 11.8 Å². The zero-order chi connectivity index (χ0) is 12.1. The molecule has 0 aromatic heterocycles. The number of alkyl halides is 2. The van der Waals surface area contributed by atoms with Crippen molar-refractivity contribution in [3.05, 3.63) is 0 Å². The van der Waals surface area contributed by atoms with Crippen molar-refractivity contribution in [3.63, 3.8) is 0 Å². The van der Waals surface area contributed by atoms with Gasteiger partial charge in [-0.25, -0.2) is 0 Å². The van der Waals surface area contributed by atoms with Gasteiger partial charge in [0.15, 0.2) is 7.85 Å². The maximum absolute atomic E-state index is 2.38. The second-order valence-corrected chi connectivity index (χ2v) is 10.4. The molecule has 0 spiro atoms. The first-order valence-corrected chi connectivity index (χ1v) is 10.4. The third kappa shape index (κ3) is 4.40. The van der Waals surface area contributed by atoms with Crippen LogP contribution in [0.1, 0.15) is 78.1 Å². The molecular weight excluding hydrogens is 319 g/mol. The number of halogens is 1. The Kier molecular flexibility index (Phi) is 6.12. The van der Waals surface area contributed by atoms with Crippen LogP contribution in [0.15, 0.2) is 0 Å². The van der Waals surface area contributed by atoms with Crippen LogP contribution in [0.2, 0.25) is 0 Å². The van der Waals surface area contributed by atoms with E-state index in [0.717, 1.165) is 11.8 Å². The van der Waals surface area contributed by atoms with Crippen LogP contribution in [0.25, 0.3) is 0 Å². The molecule has 0 nitrogen and oxygen atoms in total. The second kappa shape index (κ2) is 7.35. The van der Waals surface area contributed by atoms with Gasteiger partial charge in [-0.1, -0.05) is 26.7 Å². The van der Waals surface area contributed by atoms with Crippen LogP contribution in [0.3, 0.4) is 0 Å². The summed E-state index contributed by atoms with van der Waals surface area (Å²) in [6.45, 7) is 4.76. The van der Waals surface area contributed by atoms with Gasteiger partial charge in [-0.2, -0.15) is 0 Å². The average molecular weight is 349 g/mol. The highest BCUT2D eigenvalue weighted by Crippen LogP contribution is 2.26. The Labute approximate surface area is 119 Å². The molecule has 2 fully saturated rings. The van der Waals surface area contributed by atoms with Gasteiger partial charge in [0.1, 0.15) is 0 Å². The fraction of sp³-hybridized carbons (Fsp3) is 1.00. The highest BCUT2D eigenvalue weighted by atomic mass is 127. The van der Waals surface area contributed by atoms with E-state index in [9.17, 15) is 0 Å². The Morgan fingerprint density at radius 2 is 1.00 bits per heavy atom. The number of rotatable bonds is 4. The van der Waals surface area contributed by atoms with Gasteiger partial charge in [0, 0.05) is 0 Å². The standard InChI is InChI=1S/C16H30I/c1-3-13-5-9-15(10-6-13)17-16-11-7-14(4-2)8-12-16/h13-16H,3-12H2,1-2H3/q+1. The van der Waals surface area contributed by atoms with E-state index in [2.05, 4.69) is 13.8 Å². The minimum atomic E-state index is 0.533. The molecule has 2 aliphatic carbocycles. The van der Waals surface area contributed by atoms with Crippen LogP contribution >= 0.6 is 0 Å². The molecule has 0 saturated heterocycles. The van der Waals surface area contributed by atoms with Gasteiger partial charge in [0.05, 0.1) is 0 Å². The van der Waals surface area contributed by atoms with Crippen LogP contribution in [-0.4, -0.2) is 7.85 Å². The Morgan fingerprint density at radius 1 is 0.647 bits per heavy atom. The molecule has 2 rings (SSSR count). The maximum atomic E-state index is 2.38. The van der Waals surface area contributed by atoms with E-state index in [0.29, 0.717) is 21.2 Å². The largest absolute Gasteiger partial charge is 0.275 e. The predicted molar refractivity (Wildman–Crippen MR) is 72.1 cm³/mol. The van der Waals surface area contributed by atoms with E-state index in [1.54, 1.807) is 51.4 Å². The number of hydrogen-bond acceptors (Lipinski definition) is 0. The van der Waals surface area contributed by atoms with Crippen molar-refractivity contribution in [3.8, 4) is 0 Å². The molecule has 0 aromatic rings. The summed E-state index contributed by atoms with van der Waals surface area (Å²) in [7, 11) is 0. The quantitative estimate of drug-likeness (QED) is 0.538. The lowest BCUT2D eigenvalue weighted by Gasteiger charge is -2.25. The molecule has 0 radical (unpaired) electrons. The molecule has 0 unspecified atom stereocenters. The summed E-state index contributed by atoms with van der Waals surface area (Å²) in [6.07, 6.45) is 15.5. The summed E-state index contributed by atoms with van der Waals surface area (Å²) < 4.78 is 2.42. The Balaban J connectivity index is 1.65. The Bertz CT molecular complexity index is 176. The SMILES string of the molecule is CCC1CCC([I+]C2CCC(CC)CC2)CC1. The fourth-order valence-electron chi connectivity index (χ4n) is 3.56. The van der Waals surface area contributed by atoms with E-state index >= 15 is 0 Å². The van der Waals surface area contributed by atoms with Crippen molar-refractivity contribution in [2.75, 3.05) is 0 Å². The average Bonchev–Trinajstić information content (AvgIpc) is 2.40. The molecule has 2 aliphatic rings. The van der Waals surface area contributed by atoms with Crippen LogP contribution in [-0.2, 0) is 0 Å². The lowest BCUT2D eigenvalue weighted by atomic mass is 9.87. The molecule has 1 heteroatoms. The van der Waals surface area contributed by atoms with Gasteiger partial charge in [-0.3, -0.25) is 0 Å². The van der Waals surface area contributed by atoms with Gasteiger partial charge >= 0.3 is 0 Å². The van der Waals surface area contributed by atoms with Crippen molar-refractivity contribution in [1.29, 1.82) is 0 Å². The van der Waals surface area contributed by atoms with Crippen molar-refractivity contribution in [2.45, 2.75) is 85.9 Å². The van der Waals surface area contributed by atoms with Crippen molar-refractivity contribution in [1.82, 2.24) is 0 Å². The number of hydrogen-bond donors (Lipinski definition) is 0. The first-order chi connectivity index (χ1) is 8.31. The molecule has 0 atom stereocenters. The Hall–Kier alpha value is 0.730. The first-order valence-electron chi connectivity index (χ1n) is 7.93. The monoisotopic (exact) mass is 349 g/mol. The van der Waals surface area contributed by atoms with Crippen LogP contribution < -0.4 is 21.2 Å². The minimum absolute atomic E-state index is 0.533. The smallest absolute Gasteiger partial charge is 0.0651 e. The molecule has 100 valence electrons. The van der Waals surface area contributed by atoms with E-state index in [-0.39, 0.29) is 0 Å². The van der Waals surface area contributed by atoms with Crippen LogP contribution in [0, 0.1) is 11.8 Å². The van der Waals surface area contributed by atoms with Gasteiger partial charge < -0.3 is 0 Å². The molecule has 0 heterocycles. The fourth-order valence-corrected chi connectivity index (χ4v) is 7.88. The van der Waals surface area contributed by atoms with E-state index in [4.69, 9.17) is 0 Å². The normalized spacial score (nSPS) is 39.2. The summed E-state index contributed by atoms with van der Waals surface area (Å²) in [5.41, 5.74) is 0. The molecule has 0 amide bonds. The summed E-state index contributed by atoms with van der Waals surface area (Å²) in [5.74, 6) is 2.18. The highest BCUT2D eigenvalue weighted by Gasteiger charge is 2.36. The molecule has 0 bridgehead atoms.